The van der Waals surface area contributed by atoms with E-state index < -0.39 is 10.3 Å². The quantitative estimate of drug-likeness (QED) is 0.355. The molecule has 4 nitrogen and oxygen atoms in total. The molecule has 0 aliphatic rings. The summed E-state index contributed by atoms with van der Waals surface area (Å²) >= 11 is 11.3. The Morgan fingerprint density at radius 3 is 2.14 bits per heavy atom. The van der Waals surface area contributed by atoms with Gasteiger partial charge in [-0.25, -0.2) is 4.79 Å². The van der Waals surface area contributed by atoms with Crippen LogP contribution in [0.1, 0.15) is 12.5 Å². The summed E-state index contributed by atoms with van der Waals surface area (Å²) in [6, 6.07) is 10.3. The molecule has 122 valence electrons. The van der Waals surface area contributed by atoms with E-state index in [9.17, 15) is 9.59 Å². The number of alkyl halides is 2. The molecular weight excluding hydrogens is 325 g/mol. The highest BCUT2D eigenvalue weighted by Crippen LogP contribution is 2.28. The first kappa shape index (κ1) is 20.5. The van der Waals surface area contributed by atoms with E-state index in [-0.39, 0.29) is 18.5 Å². The molecule has 0 aromatic heterocycles. The fourth-order valence-electron chi connectivity index (χ4n) is 1.34. The first-order chi connectivity index (χ1) is 10.2. The Labute approximate surface area is 141 Å². The highest BCUT2D eigenvalue weighted by Gasteiger charge is 2.35. The van der Waals surface area contributed by atoms with Crippen molar-refractivity contribution in [2.75, 3.05) is 20.7 Å². The van der Waals surface area contributed by atoms with Crippen LogP contribution in [0.15, 0.2) is 42.1 Å². The number of nitrogens with zero attached hydrogens (tertiary/aromatic N) is 1. The van der Waals surface area contributed by atoms with Crippen molar-refractivity contribution >= 4 is 35.5 Å². The molecule has 1 aromatic rings. The molecule has 0 radical (unpaired) electrons. The van der Waals surface area contributed by atoms with Crippen LogP contribution in [0.25, 0.3) is 0 Å². The summed E-state index contributed by atoms with van der Waals surface area (Å²) in [5, 5.41) is 0. The number of halogens is 2. The number of carbonyl (C=O) groups is 2. The average molecular weight is 346 g/mol. The fraction of sp³-hybridized carbons (Fsp3) is 0.375. The Bertz CT molecular complexity index is 499. The van der Waals surface area contributed by atoms with Crippen LogP contribution in [-0.2, 0) is 14.3 Å². The monoisotopic (exact) mass is 345 g/mol. The van der Waals surface area contributed by atoms with Gasteiger partial charge in [0.1, 0.15) is 0 Å². The first-order valence-electron chi connectivity index (χ1n) is 6.66. The zero-order valence-corrected chi connectivity index (χ0v) is 14.7. The minimum absolute atomic E-state index is 0.104. The van der Waals surface area contributed by atoms with Gasteiger partial charge in [-0.3, -0.25) is 4.79 Å². The Morgan fingerprint density at radius 2 is 1.82 bits per heavy atom. The van der Waals surface area contributed by atoms with E-state index >= 15 is 0 Å². The number of rotatable bonds is 5. The van der Waals surface area contributed by atoms with E-state index in [0.717, 1.165) is 0 Å². The van der Waals surface area contributed by atoms with Gasteiger partial charge in [0.05, 0.1) is 12.2 Å². The second-order valence-electron chi connectivity index (χ2n) is 4.62. The van der Waals surface area contributed by atoms with Gasteiger partial charge in [0.25, 0.3) is 0 Å². The van der Waals surface area contributed by atoms with Crippen LogP contribution in [0.4, 0.5) is 0 Å². The van der Waals surface area contributed by atoms with E-state index in [1.807, 2.05) is 18.2 Å². The standard InChI is InChI=1S/C9H13Cl2NO3.C7H8/c1-4-15-8(14)7(5-12(2)3)9(10,11)6-13;1-7-5-3-2-4-6-7/h5-6H,4H2,1-3H3;2-6H,1H3. The van der Waals surface area contributed by atoms with Crippen molar-refractivity contribution in [3.63, 3.8) is 0 Å². The van der Waals surface area contributed by atoms with Crippen LogP contribution in [0.5, 0.6) is 0 Å². The summed E-state index contributed by atoms with van der Waals surface area (Å²) in [5.74, 6) is -0.705. The third-order valence-electron chi connectivity index (χ3n) is 2.33. The smallest absolute Gasteiger partial charge is 0.339 e. The molecule has 0 amide bonds. The lowest BCUT2D eigenvalue weighted by molar-refractivity contribution is -0.139. The first-order valence-corrected chi connectivity index (χ1v) is 7.41. The third-order valence-corrected chi connectivity index (χ3v) is 2.92. The highest BCUT2D eigenvalue weighted by atomic mass is 35.5. The predicted octanol–water partition coefficient (Wildman–Crippen LogP) is 3.36. The van der Waals surface area contributed by atoms with E-state index in [2.05, 4.69) is 19.1 Å². The number of hydrogen-bond donors (Lipinski definition) is 0. The maximum absolute atomic E-state index is 11.4. The topological polar surface area (TPSA) is 46.6 Å². The SMILES string of the molecule is CCOC(=O)C(=CN(C)C)C(Cl)(Cl)C=O.Cc1ccccc1. The van der Waals surface area contributed by atoms with Crippen molar-refractivity contribution in [1.29, 1.82) is 0 Å². The maximum Gasteiger partial charge on any atom is 0.339 e. The molecule has 0 saturated carbocycles. The molecule has 1 rings (SSSR count). The number of aldehydes is 1. The van der Waals surface area contributed by atoms with Gasteiger partial charge in [0, 0.05) is 20.3 Å². The largest absolute Gasteiger partial charge is 0.462 e. The van der Waals surface area contributed by atoms with Gasteiger partial charge < -0.3 is 9.64 Å². The summed E-state index contributed by atoms with van der Waals surface area (Å²) in [6.07, 6.45) is 1.63. The molecule has 0 heterocycles. The van der Waals surface area contributed by atoms with Crippen LogP contribution in [0, 0.1) is 6.92 Å². The molecule has 1 aromatic carbocycles. The molecule has 0 bridgehead atoms. The number of benzene rings is 1. The van der Waals surface area contributed by atoms with Crippen LogP contribution in [0.3, 0.4) is 0 Å². The lowest BCUT2D eigenvalue weighted by Crippen LogP contribution is -2.28. The minimum Gasteiger partial charge on any atom is -0.462 e. The van der Waals surface area contributed by atoms with Gasteiger partial charge in [-0.1, -0.05) is 59.1 Å². The molecular formula is C16H21Cl2NO3. The highest BCUT2D eigenvalue weighted by molar-refractivity contribution is 6.59. The molecule has 0 saturated heterocycles. The molecule has 6 heteroatoms. The number of esters is 1. The normalized spacial score (nSPS) is 11.1. The van der Waals surface area contributed by atoms with E-state index in [0.29, 0.717) is 0 Å². The van der Waals surface area contributed by atoms with Crippen molar-refractivity contribution in [2.24, 2.45) is 0 Å². The summed E-state index contributed by atoms with van der Waals surface area (Å²) < 4.78 is 2.85. The van der Waals surface area contributed by atoms with Crippen molar-refractivity contribution in [1.82, 2.24) is 4.90 Å². The Balaban J connectivity index is 0.000000518. The maximum atomic E-state index is 11.4. The summed E-state index contributed by atoms with van der Waals surface area (Å²) in [4.78, 5) is 23.6. The van der Waals surface area contributed by atoms with E-state index in [1.54, 1.807) is 25.9 Å². The number of carbonyl (C=O) groups excluding carboxylic acids is 2. The van der Waals surface area contributed by atoms with E-state index in [4.69, 9.17) is 27.9 Å². The zero-order chi connectivity index (χ0) is 17.2. The Kier molecular flexibility index (Phi) is 9.54. The molecule has 0 atom stereocenters. The molecule has 0 aliphatic heterocycles. The average Bonchev–Trinajstić information content (AvgIpc) is 2.46. The molecule has 0 aliphatic carbocycles. The van der Waals surface area contributed by atoms with Crippen molar-refractivity contribution in [2.45, 2.75) is 18.2 Å². The number of aryl methyl sites for hydroxylation is 1. The summed E-state index contributed by atoms with van der Waals surface area (Å²) in [7, 11) is 3.35. The molecule has 0 unspecified atom stereocenters. The van der Waals surface area contributed by atoms with Crippen LogP contribution in [-0.4, -0.2) is 42.2 Å². The van der Waals surface area contributed by atoms with Gasteiger partial charge in [-0.05, 0) is 13.8 Å². The lowest BCUT2D eigenvalue weighted by atomic mass is 10.2. The van der Waals surface area contributed by atoms with Crippen molar-refractivity contribution < 1.29 is 14.3 Å². The minimum atomic E-state index is -1.88. The van der Waals surface area contributed by atoms with E-state index in [1.165, 1.54) is 11.8 Å². The molecule has 0 spiro atoms. The summed E-state index contributed by atoms with van der Waals surface area (Å²) in [5.41, 5.74) is 1.22. The van der Waals surface area contributed by atoms with Crippen molar-refractivity contribution in [3.05, 3.63) is 47.7 Å². The lowest BCUT2D eigenvalue weighted by Gasteiger charge is -2.17. The number of hydrogen-bond acceptors (Lipinski definition) is 4. The van der Waals surface area contributed by atoms with Gasteiger partial charge in [0.15, 0.2) is 6.29 Å². The van der Waals surface area contributed by atoms with Gasteiger partial charge in [-0.15, -0.1) is 0 Å². The second kappa shape index (κ2) is 10.2. The molecule has 0 N–H and O–H groups in total. The van der Waals surface area contributed by atoms with Gasteiger partial charge >= 0.3 is 5.97 Å². The second-order valence-corrected chi connectivity index (χ2v) is 6.01. The summed E-state index contributed by atoms with van der Waals surface area (Å²) in [6.45, 7) is 3.92. The molecule has 0 fully saturated rings. The molecule has 22 heavy (non-hydrogen) atoms. The van der Waals surface area contributed by atoms with Crippen molar-refractivity contribution in [3.8, 4) is 0 Å². The fourth-order valence-corrected chi connectivity index (χ4v) is 1.59. The predicted molar refractivity (Wildman–Crippen MR) is 90.1 cm³/mol. The number of ether oxygens (including phenoxy) is 1. The Morgan fingerprint density at radius 1 is 1.27 bits per heavy atom. The van der Waals surface area contributed by atoms with Crippen LogP contribution in [0.2, 0.25) is 0 Å². The van der Waals surface area contributed by atoms with Gasteiger partial charge in [-0.2, -0.15) is 0 Å². The Hall–Kier alpha value is -1.52. The van der Waals surface area contributed by atoms with Crippen LogP contribution >= 0.6 is 23.2 Å². The van der Waals surface area contributed by atoms with Crippen LogP contribution < -0.4 is 0 Å². The zero-order valence-electron chi connectivity index (χ0n) is 13.2. The van der Waals surface area contributed by atoms with Gasteiger partial charge in [0.2, 0.25) is 4.33 Å². The third kappa shape index (κ3) is 8.05.